The summed E-state index contributed by atoms with van der Waals surface area (Å²) in [7, 11) is 0. The first-order chi connectivity index (χ1) is 8.54. The third-order valence-electron chi connectivity index (χ3n) is 3.25. The first-order valence-electron chi connectivity index (χ1n) is 6.19. The van der Waals surface area contributed by atoms with Gasteiger partial charge >= 0.3 is 0 Å². The number of hydrogen-bond donors (Lipinski definition) is 2. The maximum atomic E-state index is 11.9. The van der Waals surface area contributed by atoms with Crippen LogP contribution in [0.25, 0.3) is 0 Å². The van der Waals surface area contributed by atoms with Crippen molar-refractivity contribution >= 4 is 17.7 Å². The molecule has 0 aliphatic carbocycles. The van der Waals surface area contributed by atoms with Gasteiger partial charge in [0.05, 0.1) is 5.60 Å². The predicted molar refractivity (Wildman–Crippen MR) is 76.1 cm³/mol. The Morgan fingerprint density at radius 2 is 1.83 bits per heavy atom. The Labute approximate surface area is 113 Å². The van der Waals surface area contributed by atoms with Crippen molar-refractivity contribution in [2.45, 2.75) is 37.2 Å². The Kier molecular flexibility index (Phi) is 5.69. The van der Waals surface area contributed by atoms with E-state index in [1.807, 2.05) is 32.2 Å². The van der Waals surface area contributed by atoms with Gasteiger partial charge in [0.15, 0.2) is 0 Å². The van der Waals surface area contributed by atoms with Crippen LogP contribution in [-0.4, -0.2) is 29.4 Å². The molecular formula is C14H21NO2S. The first kappa shape index (κ1) is 15.1. The van der Waals surface area contributed by atoms with Crippen LogP contribution < -0.4 is 5.32 Å². The third-order valence-corrected chi connectivity index (χ3v) is 3.99. The second-order valence-corrected chi connectivity index (χ2v) is 5.22. The fourth-order valence-electron chi connectivity index (χ4n) is 1.59. The van der Waals surface area contributed by atoms with E-state index in [0.29, 0.717) is 24.9 Å². The van der Waals surface area contributed by atoms with Crippen LogP contribution in [0.3, 0.4) is 0 Å². The van der Waals surface area contributed by atoms with Gasteiger partial charge in [0, 0.05) is 17.0 Å². The Morgan fingerprint density at radius 1 is 1.28 bits per heavy atom. The predicted octanol–water partition coefficient (Wildman–Crippen LogP) is 2.69. The minimum atomic E-state index is -0.797. The molecule has 0 radical (unpaired) electrons. The van der Waals surface area contributed by atoms with Gasteiger partial charge in [0.1, 0.15) is 0 Å². The zero-order chi connectivity index (χ0) is 13.6. The van der Waals surface area contributed by atoms with E-state index in [-0.39, 0.29) is 5.91 Å². The Balaban J connectivity index is 2.59. The number of benzene rings is 1. The molecule has 4 heteroatoms. The molecule has 0 aromatic heterocycles. The number of hydrogen-bond acceptors (Lipinski definition) is 3. The maximum Gasteiger partial charge on any atom is 0.251 e. The lowest BCUT2D eigenvalue weighted by molar-refractivity contribution is 0.0314. The van der Waals surface area contributed by atoms with Crippen LogP contribution >= 0.6 is 11.8 Å². The molecule has 0 fully saturated rings. The zero-order valence-corrected chi connectivity index (χ0v) is 12.0. The van der Waals surface area contributed by atoms with Crippen LogP contribution in [0, 0.1) is 0 Å². The topological polar surface area (TPSA) is 49.3 Å². The molecule has 0 saturated carbocycles. The molecule has 18 heavy (non-hydrogen) atoms. The molecule has 100 valence electrons. The molecule has 1 aromatic carbocycles. The highest BCUT2D eigenvalue weighted by molar-refractivity contribution is 7.98. The van der Waals surface area contributed by atoms with Crippen molar-refractivity contribution in [2.24, 2.45) is 0 Å². The number of carbonyl (C=O) groups excluding carboxylic acids is 1. The van der Waals surface area contributed by atoms with E-state index in [0.717, 1.165) is 4.90 Å². The van der Waals surface area contributed by atoms with Crippen molar-refractivity contribution in [3.63, 3.8) is 0 Å². The highest BCUT2D eigenvalue weighted by atomic mass is 32.2. The van der Waals surface area contributed by atoms with E-state index in [9.17, 15) is 9.90 Å². The van der Waals surface area contributed by atoms with Crippen LogP contribution in [0.15, 0.2) is 29.2 Å². The number of thioether (sulfide) groups is 1. The van der Waals surface area contributed by atoms with Gasteiger partial charge in [-0.2, -0.15) is 0 Å². The van der Waals surface area contributed by atoms with Gasteiger partial charge in [0.25, 0.3) is 5.91 Å². The van der Waals surface area contributed by atoms with Crippen LogP contribution in [0.1, 0.15) is 37.0 Å². The van der Waals surface area contributed by atoms with Gasteiger partial charge in [-0.3, -0.25) is 4.79 Å². The number of rotatable bonds is 6. The van der Waals surface area contributed by atoms with E-state index >= 15 is 0 Å². The monoisotopic (exact) mass is 267 g/mol. The fraction of sp³-hybridized carbons (Fsp3) is 0.500. The number of carbonyl (C=O) groups is 1. The molecule has 0 saturated heterocycles. The summed E-state index contributed by atoms with van der Waals surface area (Å²) in [5.74, 6) is -0.136. The summed E-state index contributed by atoms with van der Waals surface area (Å²) in [6.45, 7) is 4.13. The molecule has 0 bridgehead atoms. The van der Waals surface area contributed by atoms with Crippen molar-refractivity contribution in [1.29, 1.82) is 0 Å². The molecule has 1 rings (SSSR count). The normalized spacial score (nSPS) is 11.3. The lowest BCUT2D eigenvalue weighted by Crippen LogP contribution is -2.42. The molecule has 3 nitrogen and oxygen atoms in total. The summed E-state index contributed by atoms with van der Waals surface area (Å²) < 4.78 is 0. The van der Waals surface area contributed by atoms with E-state index in [4.69, 9.17) is 0 Å². The van der Waals surface area contributed by atoms with Crippen LogP contribution in [0.5, 0.6) is 0 Å². The minimum Gasteiger partial charge on any atom is -0.388 e. The summed E-state index contributed by atoms with van der Waals surface area (Å²) in [6.07, 6.45) is 3.27. The Morgan fingerprint density at radius 3 is 2.28 bits per heavy atom. The molecule has 2 N–H and O–H groups in total. The molecule has 0 spiro atoms. The van der Waals surface area contributed by atoms with E-state index in [1.54, 1.807) is 23.9 Å². The standard InChI is InChI=1S/C14H21NO2S/c1-4-14(17,5-2)10-15-13(16)11-6-8-12(18-3)9-7-11/h6-9,17H,4-5,10H2,1-3H3,(H,15,16). The highest BCUT2D eigenvalue weighted by Crippen LogP contribution is 2.16. The average Bonchev–Trinajstić information content (AvgIpc) is 2.44. The summed E-state index contributed by atoms with van der Waals surface area (Å²) in [6, 6.07) is 7.45. The van der Waals surface area contributed by atoms with Crippen molar-refractivity contribution in [2.75, 3.05) is 12.8 Å². The molecular weight excluding hydrogens is 246 g/mol. The number of amides is 1. The third kappa shape index (κ3) is 4.03. The van der Waals surface area contributed by atoms with E-state index < -0.39 is 5.60 Å². The highest BCUT2D eigenvalue weighted by Gasteiger charge is 2.22. The summed E-state index contributed by atoms with van der Waals surface area (Å²) in [5, 5.41) is 12.9. The van der Waals surface area contributed by atoms with Crippen LogP contribution in [-0.2, 0) is 0 Å². The average molecular weight is 267 g/mol. The van der Waals surface area contributed by atoms with Crippen molar-refractivity contribution in [3.8, 4) is 0 Å². The van der Waals surface area contributed by atoms with E-state index in [1.165, 1.54) is 0 Å². The fourth-order valence-corrected chi connectivity index (χ4v) is 2.00. The van der Waals surface area contributed by atoms with Gasteiger partial charge < -0.3 is 10.4 Å². The molecule has 1 amide bonds. The maximum absolute atomic E-state index is 11.9. The van der Waals surface area contributed by atoms with Crippen molar-refractivity contribution in [3.05, 3.63) is 29.8 Å². The van der Waals surface area contributed by atoms with Gasteiger partial charge in [0.2, 0.25) is 0 Å². The van der Waals surface area contributed by atoms with E-state index in [2.05, 4.69) is 5.32 Å². The summed E-state index contributed by atoms with van der Waals surface area (Å²) in [4.78, 5) is 13.0. The number of aliphatic hydroxyl groups is 1. The molecule has 0 unspecified atom stereocenters. The molecule has 1 aromatic rings. The first-order valence-corrected chi connectivity index (χ1v) is 7.41. The minimum absolute atomic E-state index is 0.136. The van der Waals surface area contributed by atoms with Crippen molar-refractivity contribution < 1.29 is 9.90 Å². The largest absolute Gasteiger partial charge is 0.388 e. The smallest absolute Gasteiger partial charge is 0.251 e. The van der Waals surface area contributed by atoms with Crippen LogP contribution in [0.4, 0.5) is 0 Å². The zero-order valence-electron chi connectivity index (χ0n) is 11.2. The van der Waals surface area contributed by atoms with Crippen LogP contribution in [0.2, 0.25) is 0 Å². The van der Waals surface area contributed by atoms with Gasteiger partial charge in [-0.05, 0) is 43.4 Å². The molecule has 0 heterocycles. The summed E-state index contributed by atoms with van der Waals surface area (Å²) >= 11 is 1.64. The molecule has 0 atom stereocenters. The second kappa shape index (κ2) is 6.81. The van der Waals surface area contributed by atoms with Crippen molar-refractivity contribution in [1.82, 2.24) is 5.32 Å². The van der Waals surface area contributed by atoms with Gasteiger partial charge in [-0.1, -0.05) is 13.8 Å². The lowest BCUT2D eigenvalue weighted by Gasteiger charge is -2.25. The van der Waals surface area contributed by atoms with Gasteiger partial charge in [-0.25, -0.2) is 0 Å². The molecule has 0 aliphatic heterocycles. The van der Waals surface area contributed by atoms with Gasteiger partial charge in [-0.15, -0.1) is 11.8 Å². The second-order valence-electron chi connectivity index (χ2n) is 4.34. The Bertz CT molecular complexity index is 385. The molecule has 0 aliphatic rings. The number of nitrogens with one attached hydrogen (secondary N) is 1. The summed E-state index contributed by atoms with van der Waals surface area (Å²) in [5.41, 5.74) is -0.170. The SMILES string of the molecule is CCC(O)(CC)CNC(=O)c1ccc(SC)cc1. The Hall–Kier alpha value is -1.00. The lowest BCUT2D eigenvalue weighted by atomic mass is 9.97. The quantitative estimate of drug-likeness (QED) is 0.779.